The molecule has 2 aromatic rings. The number of rotatable bonds is 3. The van der Waals surface area contributed by atoms with Crippen molar-refractivity contribution >= 4 is 17.1 Å². The summed E-state index contributed by atoms with van der Waals surface area (Å²) in [6.07, 6.45) is 8.87. The number of imidazole rings is 1. The molecule has 102 valence electrons. The number of likely N-dealkylation sites (N-methyl/N-ethyl adjacent to an activating group) is 1. The second-order valence-electron chi connectivity index (χ2n) is 5.30. The van der Waals surface area contributed by atoms with Crippen molar-refractivity contribution in [2.75, 3.05) is 13.1 Å². The number of hydrogen-bond acceptors (Lipinski definition) is 2. The van der Waals surface area contributed by atoms with Crippen LogP contribution in [-0.4, -0.2) is 33.4 Å². The molecule has 4 heteroatoms. The van der Waals surface area contributed by atoms with Crippen LogP contribution < -0.4 is 0 Å². The number of fused-ring (bicyclic) bond motifs is 1. The van der Waals surface area contributed by atoms with Gasteiger partial charge in [0.15, 0.2) is 0 Å². The highest BCUT2D eigenvalue weighted by Gasteiger charge is 2.22. The Morgan fingerprint density at radius 2 is 2.26 bits per heavy atom. The Balaban J connectivity index is 1.86. The number of piperidine rings is 1. The molecule has 0 saturated carbocycles. The van der Waals surface area contributed by atoms with Crippen LogP contribution in [0.2, 0.25) is 5.02 Å². The van der Waals surface area contributed by atoms with Gasteiger partial charge in [-0.25, -0.2) is 4.98 Å². The molecule has 1 unspecified atom stereocenters. The van der Waals surface area contributed by atoms with E-state index in [0.717, 1.165) is 29.3 Å². The minimum absolute atomic E-state index is 0.628. The van der Waals surface area contributed by atoms with Crippen molar-refractivity contribution in [2.45, 2.75) is 38.6 Å². The summed E-state index contributed by atoms with van der Waals surface area (Å²) in [5.74, 6) is 1.13. The predicted octanol–water partition coefficient (Wildman–Crippen LogP) is 3.40. The standard InChI is InChI=1S/C15H20ClN3/c1-2-18-8-4-3-5-13(18)9-15-17-10-14-7-6-12(16)11-19(14)15/h6-7,10-11,13H,2-5,8-9H2,1H3. The molecule has 1 saturated heterocycles. The summed E-state index contributed by atoms with van der Waals surface area (Å²) in [6, 6.07) is 4.57. The summed E-state index contributed by atoms with van der Waals surface area (Å²) in [6.45, 7) is 4.61. The van der Waals surface area contributed by atoms with Crippen LogP contribution in [0.4, 0.5) is 0 Å². The number of nitrogens with zero attached hydrogens (tertiary/aromatic N) is 3. The van der Waals surface area contributed by atoms with Gasteiger partial charge in [-0.2, -0.15) is 0 Å². The van der Waals surface area contributed by atoms with E-state index in [9.17, 15) is 0 Å². The average molecular weight is 278 g/mol. The van der Waals surface area contributed by atoms with Crippen molar-refractivity contribution < 1.29 is 0 Å². The lowest BCUT2D eigenvalue weighted by atomic mass is 9.99. The fraction of sp³-hybridized carbons (Fsp3) is 0.533. The first-order valence-corrected chi connectivity index (χ1v) is 7.51. The molecule has 3 rings (SSSR count). The highest BCUT2D eigenvalue weighted by Crippen LogP contribution is 2.21. The van der Waals surface area contributed by atoms with Gasteiger partial charge in [-0.3, -0.25) is 0 Å². The van der Waals surface area contributed by atoms with E-state index in [2.05, 4.69) is 21.2 Å². The maximum atomic E-state index is 6.09. The first-order chi connectivity index (χ1) is 9.28. The molecule has 0 radical (unpaired) electrons. The van der Waals surface area contributed by atoms with Gasteiger partial charge in [-0.05, 0) is 38.1 Å². The molecule has 0 amide bonds. The Morgan fingerprint density at radius 3 is 3.11 bits per heavy atom. The van der Waals surface area contributed by atoms with Gasteiger partial charge >= 0.3 is 0 Å². The van der Waals surface area contributed by atoms with E-state index in [4.69, 9.17) is 11.6 Å². The Kier molecular flexibility index (Phi) is 3.76. The first-order valence-electron chi connectivity index (χ1n) is 7.13. The zero-order valence-electron chi connectivity index (χ0n) is 11.3. The number of likely N-dealkylation sites (tertiary alicyclic amines) is 1. The lowest BCUT2D eigenvalue weighted by Gasteiger charge is -2.34. The van der Waals surface area contributed by atoms with Crippen molar-refractivity contribution in [3.8, 4) is 0 Å². The fourth-order valence-corrected chi connectivity index (χ4v) is 3.25. The molecule has 19 heavy (non-hydrogen) atoms. The number of hydrogen-bond donors (Lipinski definition) is 0. The largest absolute Gasteiger partial charge is 0.302 e. The van der Waals surface area contributed by atoms with Crippen molar-refractivity contribution in [3.63, 3.8) is 0 Å². The zero-order valence-corrected chi connectivity index (χ0v) is 12.1. The van der Waals surface area contributed by atoms with Crippen LogP contribution in [0.25, 0.3) is 5.52 Å². The van der Waals surface area contributed by atoms with Crippen LogP contribution in [0, 0.1) is 0 Å². The highest BCUT2D eigenvalue weighted by atomic mass is 35.5. The van der Waals surface area contributed by atoms with Gasteiger partial charge in [0.1, 0.15) is 5.82 Å². The third-order valence-electron chi connectivity index (χ3n) is 4.14. The van der Waals surface area contributed by atoms with E-state index in [1.807, 2.05) is 24.5 Å². The number of halogens is 1. The third kappa shape index (κ3) is 2.63. The second kappa shape index (κ2) is 5.51. The van der Waals surface area contributed by atoms with Gasteiger partial charge in [0.25, 0.3) is 0 Å². The third-order valence-corrected chi connectivity index (χ3v) is 4.36. The molecule has 0 bridgehead atoms. The van der Waals surface area contributed by atoms with E-state index >= 15 is 0 Å². The molecule has 2 aromatic heterocycles. The van der Waals surface area contributed by atoms with Crippen molar-refractivity contribution in [3.05, 3.63) is 35.4 Å². The summed E-state index contributed by atoms with van der Waals surface area (Å²) < 4.78 is 2.13. The molecule has 0 N–H and O–H groups in total. The van der Waals surface area contributed by atoms with Gasteiger partial charge in [0, 0.05) is 18.7 Å². The molecule has 3 heterocycles. The van der Waals surface area contributed by atoms with Crippen molar-refractivity contribution in [1.29, 1.82) is 0 Å². The van der Waals surface area contributed by atoms with Crippen LogP contribution in [0.3, 0.4) is 0 Å². The minimum atomic E-state index is 0.628. The normalized spacial score (nSPS) is 21.1. The molecule has 1 fully saturated rings. The smallest absolute Gasteiger partial charge is 0.114 e. The summed E-state index contributed by atoms with van der Waals surface area (Å²) in [7, 11) is 0. The van der Waals surface area contributed by atoms with Crippen LogP contribution in [0.15, 0.2) is 24.5 Å². The summed E-state index contributed by atoms with van der Waals surface area (Å²) >= 11 is 6.09. The van der Waals surface area contributed by atoms with Crippen molar-refractivity contribution in [2.24, 2.45) is 0 Å². The van der Waals surface area contributed by atoms with Gasteiger partial charge in [0.2, 0.25) is 0 Å². The van der Waals surface area contributed by atoms with Gasteiger partial charge in [-0.1, -0.05) is 24.9 Å². The molecular formula is C15H20ClN3. The monoisotopic (exact) mass is 277 g/mol. The number of aromatic nitrogens is 2. The summed E-state index contributed by atoms with van der Waals surface area (Å²) in [5.41, 5.74) is 1.12. The van der Waals surface area contributed by atoms with Crippen LogP contribution in [0.1, 0.15) is 32.0 Å². The van der Waals surface area contributed by atoms with Crippen LogP contribution in [-0.2, 0) is 6.42 Å². The second-order valence-corrected chi connectivity index (χ2v) is 5.74. The molecule has 1 aliphatic rings. The highest BCUT2D eigenvalue weighted by molar-refractivity contribution is 6.30. The molecule has 1 atom stereocenters. The van der Waals surface area contributed by atoms with E-state index in [0.29, 0.717) is 6.04 Å². The van der Waals surface area contributed by atoms with Gasteiger partial charge in [-0.15, -0.1) is 0 Å². The zero-order chi connectivity index (χ0) is 13.2. The molecule has 1 aliphatic heterocycles. The lowest BCUT2D eigenvalue weighted by molar-refractivity contribution is 0.153. The molecular weight excluding hydrogens is 258 g/mol. The minimum Gasteiger partial charge on any atom is -0.302 e. The first kappa shape index (κ1) is 12.9. The Hall–Kier alpha value is -1.06. The summed E-state index contributed by atoms with van der Waals surface area (Å²) in [4.78, 5) is 7.16. The maximum absolute atomic E-state index is 6.09. The topological polar surface area (TPSA) is 20.5 Å². The van der Waals surface area contributed by atoms with Crippen molar-refractivity contribution in [1.82, 2.24) is 14.3 Å². The quantitative estimate of drug-likeness (QED) is 0.857. The summed E-state index contributed by atoms with van der Waals surface area (Å²) in [5, 5.41) is 0.766. The molecule has 0 spiro atoms. The SMILES string of the molecule is CCN1CCCCC1Cc1ncc2ccc(Cl)cn12. The van der Waals surface area contributed by atoms with Crippen LogP contribution in [0.5, 0.6) is 0 Å². The fourth-order valence-electron chi connectivity index (χ4n) is 3.09. The van der Waals surface area contributed by atoms with E-state index in [1.54, 1.807) is 0 Å². The van der Waals surface area contributed by atoms with E-state index < -0.39 is 0 Å². The molecule has 0 aromatic carbocycles. The van der Waals surface area contributed by atoms with E-state index in [-0.39, 0.29) is 0 Å². The molecule has 3 nitrogen and oxygen atoms in total. The average Bonchev–Trinajstić information content (AvgIpc) is 2.82. The maximum Gasteiger partial charge on any atom is 0.114 e. The Morgan fingerprint density at radius 1 is 1.37 bits per heavy atom. The number of pyridine rings is 1. The lowest BCUT2D eigenvalue weighted by Crippen LogP contribution is -2.40. The van der Waals surface area contributed by atoms with Crippen LogP contribution >= 0.6 is 11.6 Å². The van der Waals surface area contributed by atoms with E-state index in [1.165, 1.54) is 25.8 Å². The predicted molar refractivity (Wildman–Crippen MR) is 78.8 cm³/mol. The van der Waals surface area contributed by atoms with Gasteiger partial charge in [0.05, 0.1) is 16.7 Å². The van der Waals surface area contributed by atoms with Gasteiger partial charge < -0.3 is 9.30 Å². The Labute approximate surface area is 119 Å². The Bertz CT molecular complexity index is 564. The molecule has 0 aliphatic carbocycles.